The molecular weight excluding hydrogens is 278 g/mol. The predicted molar refractivity (Wildman–Crippen MR) is 76.9 cm³/mol. The molecular formula is C15H18ClNO3. The summed E-state index contributed by atoms with van der Waals surface area (Å²) in [5, 5.41) is -0.341. The fourth-order valence-corrected chi connectivity index (χ4v) is 2.60. The fraction of sp³-hybridized carbons (Fsp3) is 0.467. The third-order valence-corrected chi connectivity index (χ3v) is 3.92. The van der Waals surface area contributed by atoms with E-state index < -0.39 is 0 Å². The van der Waals surface area contributed by atoms with E-state index in [9.17, 15) is 9.59 Å². The molecule has 2 rings (SSSR count). The highest BCUT2D eigenvalue weighted by Crippen LogP contribution is 2.20. The van der Waals surface area contributed by atoms with Crippen LogP contribution in [0.25, 0.3) is 0 Å². The number of rotatable bonds is 4. The zero-order valence-electron chi connectivity index (χ0n) is 11.5. The van der Waals surface area contributed by atoms with E-state index in [0.717, 1.165) is 24.2 Å². The van der Waals surface area contributed by atoms with E-state index in [2.05, 4.69) is 0 Å². The topological polar surface area (TPSA) is 46.6 Å². The van der Waals surface area contributed by atoms with Crippen molar-refractivity contribution in [3.63, 3.8) is 0 Å². The Bertz CT molecular complexity index is 486. The van der Waals surface area contributed by atoms with E-state index in [1.54, 1.807) is 12.0 Å². The second-order valence-corrected chi connectivity index (χ2v) is 5.38. The van der Waals surface area contributed by atoms with Crippen LogP contribution in [0.5, 0.6) is 5.75 Å². The molecule has 0 aromatic heterocycles. The molecule has 0 spiro atoms. The Labute approximate surface area is 123 Å². The van der Waals surface area contributed by atoms with Crippen molar-refractivity contribution in [1.29, 1.82) is 0 Å². The second kappa shape index (κ2) is 6.75. The van der Waals surface area contributed by atoms with E-state index in [1.165, 1.54) is 0 Å². The first-order chi connectivity index (χ1) is 9.60. The molecule has 0 saturated carbocycles. The number of piperidine rings is 1. The lowest BCUT2D eigenvalue weighted by Gasteiger charge is -2.31. The van der Waals surface area contributed by atoms with E-state index in [0.29, 0.717) is 19.5 Å². The summed E-state index contributed by atoms with van der Waals surface area (Å²) in [6, 6.07) is 7.43. The average molecular weight is 296 g/mol. The van der Waals surface area contributed by atoms with Gasteiger partial charge in [-0.05, 0) is 42.1 Å². The molecule has 1 fully saturated rings. The first-order valence-corrected chi connectivity index (χ1v) is 7.08. The maximum atomic E-state index is 12.2. The van der Waals surface area contributed by atoms with Crippen LogP contribution in [0.2, 0.25) is 0 Å². The number of benzene rings is 1. The van der Waals surface area contributed by atoms with Crippen molar-refractivity contribution in [2.45, 2.75) is 19.3 Å². The van der Waals surface area contributed by atoms with Crippen molar-refractivity contribution in [2.24, 2.45) is 5.92 Å². The van der Waals surface area contributed by atoms with Crippen molar-refractivity contribution >= 4 is 22.8 Å². The Balaban J connectivity index is 1.95. The number of nitrogens with zero attached hydrogens (tertiary/aromatic N) is 1. The maximum absolute atomic E-state index is 12.2. The third-order valence-electron chi connectivity index (χ3n) is 3.61. The SMILES string of the molecule is COc1ccc(CC(=O)N2CCCC(C(=O)Cl)C2)cc1. The Hall–Kier alpha value is -1.55. The van der Waals surface area contributed by atoms with Crippen molar-refractivity contribution in [3.8, 4) is 5.75 Å². The van der Waals surface area contributed by atoms with E-state index >= 15 is 0 Å². The van der Waals surface area contributed by atoms with Crippen LogP contribution in [0.4, 0.5) is 0 Å². The van der Waals surface area contributed by atoms with Gasteiger partial charge in [0.2, 0.25) is 11.1 Å². The summed E-state index contributed by atoms with van der Waals surface area (Å²) in [6.45, 7) is 1.15. The summed E-state index contributed by atoms with van der Waals surface area (Å²) in [6.07, 6.45) is 1.94. The van der Waals surface area contributed by atoms with Crippen molar-refractivity contribution in [1.82, 2.24) is 4.90 Å². The summed E-state index contributed by atoms with van der Waals surface area (Å²) in [7, 11) is 1.61. The van der Waals surface area contributed by atoms with Crippen molar-refractivity contribution in [2.75, 3.05) is 20.2 Å². The number of methoxy groups -OCH3 is 1. The van der Waals surface area contributed by atoms with Crippen LogP contribution in [0, 0.1) is 5.92 Å². The summed E-state index contributed by atoms with van der Waals surface area (Å²) < 4.78 is 5.08. The largest absolute Gasteiger partial charge is 0.497 e. The maximum Gasteiger partial charge on any atom is 0.227 e. The molecule has 108 valence electrons. The Morgan fingerprint density at radius 1 is 1.35 bits per heavy atom. The number of ether oxygens (including phenoxy) is 1. The molecule has 20 heavy (non-hydrogen) atoms. The molecule has 5 heteroatoms. The Morgan fingerprint density at radius 3 is 2.65 bits per heavy atom. The van der Waals surface area contributed by atoms with Gasteiger partial charge in [-0.2, -0.15) is 0 Å². The van der Waals surface area contributed by atoms with E-state index in [-0.39, 0.29) is 17.1 Å². The first-order valence-electron chi connectivity index (χ1n) is 6.70. The van der Waals surface area contributed by atoms with Crippen molar-refractivity contribution < 1.29 is 14.3 Å². The minimum Gasteiger partial charge on any atom is -0.497 e. The molecule has 1 atom stereocenters. The summed E-state index contributed by atoms with van der Waals surface area (Å²) in [5.74, 6) is 0.593. The lowest BCUT2D eigenvalue weighted by Crippen LogP contribution is -2.42. The molecule has 0 bridgehead atoms. The number of halogens is 1. The van der Waals surface area contributed by atoms with Gasteiger partial charge in [0.1, 0.15) is 5.75 Å². The van der Waals surface area contributed by atoms with Crippen LogP contribution < -0.4 is 4.74 Å². The zero-order chi connectivity index (χ0) is 14.5. The molecule has 1 heterocycles. The molecule has 1 aliphatic heterocycles. The molecule has 1 saturated heterocycles. The van der Waals surface area contributed by atoms with Crippen LogP contribution in [-0.4, -0.2) is 36.2 Å². The van der Waals surface area contributed by atoms with Gasteiger partial charge in [0.15, 0.2) is 0 Å². The monoisotopic (exact) mass is 295 g/mol. The number of carbonyl (C=O) groups is 2. The molecule has 0 N–H and O–H groups in total. The summed E-state index contributed by atoms with van der Waals surface area (Å²) in [5.41, 5.74) is 0.940. The molecule has 1 aromatic carbocycles. The minimum atomic E-state index is -0.341. The van der Waals surface area contributed by atoms with Gasteiger partial charge in [0.25, 0.3) is 0 Å². The van der Waals surface area contributed by atoms with Gasteiger partial charge in [0.05, 0.1) is 19.4 Å². The van der Waals surface area contributed by atoms with Gasteiger partial charge in [-0.3, -0.25) is 9.59 Å². The smallest absolute Gasteiger partial charge is 0.227 e. The zero-order valence-corrected chi connectivity index (χ0v) is 12.2. The molecule has 4 nitrogen and oxygen atoms in total. The quantitative estimate of drug-likeness (QED) is 0.800. The number of amides is 1. The van der Waals surface area contributed by atoms with Crippen LogP contribution in [0.1, 0.15) is 18.4 Å². The van der Waals surface area contributed by atoms with Crippen LogP contribution in [-0.2, 0) is 16.0 Å². The molecule has 1 unspecified atom stereocenters. The van der Waals surface area contributed by atoms with Crippen LogP contribution >= 0.6 is 11.6 Å². The number of carbonyl (C=O) groups excluding carboxylic acids is 2. The highest BCUT2D eigenvalue weighted by Gasteiger charge is 2.27. The Kier molecular flexibility index (Phi) is 5.01. The van der Waals surface area contributed by atoms with Gasteiger partial charge >= 0.3 is 0 Å². The first kappa shape index (κ1) is 14.9. The molecule has 1 aliphatic rings. The minimum absolute atomic E-state index is 0.0396. The number of hydrogen-bond donors (Lipinski definition) is 0. The summed E-state index contributed by atoms with van der Waals surface area (Å²) >= 11 is 5.53. The van der Waals surface area contributed by atoms with E-state index in [4.69, 9.17) is 16.3 Å². The fourth-order valence-electron chi connectivity index (χ4n) is 2.42. The Morgan fingerprint density at radius 2 is 2.05 bits per heavy atom. The number of hydrogen-bond acceptors (Lipinski definition) is 3. The molecule has 0 aliphatic carbocycles. The third kappa shape index (κ3) is 3.73. The van der Waals surface area contributed by atoms with Gasteiger partial charge in [-0.25, -0.2) is 0 Å². The average Bonchev–Trinajstić information content (AvgIpc) is 2.48. The molecule has 0 radical (unpaired) electrons. The lowest BCUT2D eigenvalue weighted by atomic mass is 9.99. The summed E-state index contributed by atoms with van der Waals surface area (Å²) in [4.78, 5) is 25.2. The van der Waals surface area contributed by atoms with Gasteiger partial charge in [-0.15, -0.1) is 0 Å². The van der Waals surface area contributed by atoms with Gasteiger partial charge in [-0.1, -0.05) is 12.1 Å². The van der Waals surface area contributed by atoms with Gasteiger partial charge in [0, 0.05) is 13.1 Å². The standard InChI is InChI=1S/C15H18ClNO3/c1-20-13-6-4-11(5-7-13)9-14(18)17-8-2-3-12(10-17)15(16)19/h4-7,12H,2-3,8-10H2,1H3. The van der Waals surface area contributed by atoms with E-state index in [1.807, 2.05) is 24.3 Å². The van der Waals surface area contributed by atoms with Crippen molar-refractivity contribution in [3.05, 3.63) is 29.8 Å². The van der Waals surface area contributed by atoms with Crippen LogP contribution in [0.15, 0.2) is 24.3 Å². The van der Waals surface area contributed by atoms with Gasteiger partial charge < -0.3 is 9.64 Å². The number of likely N-dealkylation sites (tertiary alicyclic amines) is 1. The predicted octanol–water partition coefficient (Wildman–Crippen LogP) is 2.24. The highest BCUT2D eigenvalue weighted by molar-refractivity contribution is 6.64. The van der Waals surface area contributed by atoms with Crippen LogP contribution in [0.3, 0.4) is 0 Å². The lowest BCUT2D eigenvalue weighted by molar-refractivity contribution is -0.133. The normalized spacial score (nSPS) is 18.7. The highest BCUT2D eigenvalue weighted by atomic mass is 35.5. The molecule has 1 amide bonds. The molecule has 1 aromatic rings. The second-order valence-electron chi connectivity index (χ2n) is 5.01.